The molecule has 4 rings (SSSR count). The fourth-order valence-electron chi connectivity index (χ4n) is 4.13. The van der Waals surface area contributed by atoms with Crippen molar-refractivity contribution in [2.45, 2.75) is 45.3 Å². The van der Waals surface area contributed by atoms with Gasteiger partial charge in [0.2, 0.25) is 0 Å². The summed E-state index contributed by atoms with van der Waals surface area (Å²) >= 11 is 6.26. The van der Waals surface area contributed by atoms with Crippen LogP contribution in [0.15, 0.2) is 42.7 Å². The zero-order valence-corrected chi connectivity index (χ0v) is 23.7. The normalized spacial score (nSPS) is 12.3. The van der Waals surface area contributed by atoms with Crippen molar-refractivity contribution >= 4 is 29.1 Å². The van der Waals surface area contributed by atoms with Crippen molar-refractivity contribution in [3.05, 3.63) is 81.5 Å². The number of aromatic nitrogens is 6. The summed E-state index contributed by atoms with van der Waals surface area (Å²) in [5.74, 6) is -13.5. The number of benzene rings is 1. The minimum absolute atomic E-state index is 0.0363. The highest BCUT2D eigenvalue weighted by atomic mass is 35.5. The number of amides is 2. The first kappa shape index (κ1) is 32.4. The fraction of sp³-hybridized carbons (Fsp3) is 0.308. The lowest BCUT2D eigenvalue weighted by Crippen LogP contribution is -2.50. The average Bonchev–Trinajstić information content (AvgIpc) is 3.57. The molecule has 234 valence electrons. The van der Waals surface area contributed by atoms with E-state index in [4.69, 9.17) is 11.6 Å². The Morgan fingerprint density at radius 3 is 2.36 bits per heavy atom. The van der Waals surface area contributed by atoms with E-state index < -0.39 is 42.1 Å². The van der Waals surface area contributed by atoms with E-state index in [0.29, 0.717) is 16.8 Å². The van der Waals surface area contributed by atoms with Gasteiger partial charge in [-0.05, 0) is 56.2 Å². The summed E-state index contributed by atoms with van der Waals surface area (Å²) in [4.78, 5) is 30.4. The molecule has 0 spiro atoms. The van der Waals surface area contributed by atoms with Gasteiger partial charge in [-0.3, -0.25) is 9.59 Å². The first-order valence-corrected chi connectivity index (χ1v) is 13.0. The van der Waals surface area contributed by atoms with E-state index in [-0.39, 0.29) is 39.7 Å². The summed E-state index contributed by atoms with van der Waals surface area (Å²) in [5.41, 5.74) is -0.583. The third-order valence-corrected chi connectivity index (χ3v) is 6.46. The molecule has 0 radical (unpaired) electrons. The van der Waals surface area contributed by atoms with Gasteiger partial charge < -0.3 is 10.6 Å². The molecule has 0 aliphatic rings. The standard InChI is InChI=1S/C26H22ClF7N8O2/c1-4-35-22(43)16-9-13(2)8-14(3)20(16)37-23(44)18-10-15(39-42(18)21-17(27)6-5-7-36-21)11-41-12-19(38-40-41)24(28,29)25(30,31)26(32,33)34/h5-10,12H,4,11H2,1-3H3,(H,35,43)(H,37,44). The highest BCUT2D eigenvalue weighted by molar-refractivity contribution is 6.32. The minimum Gasteiger partial charge on any atom is -0.352 e. The summed E-state index contributed by atoms with van der Waals surface area (Å²) in [6.45, 7) is 4.88. The van der Waals surface area contributed by atoms with E-state index in [1.807, 2.05) is 0 Å². The van der Waals surface area contributed by atoms with Crippen molar-refractivity contribution in [2.75, 3.05) is 11.9 Å². The molecule has 2 amide bonds. The van der Waals surface area contributed by atoms with Crippen LogP contribution >= 0.6 is 11.6 Å². The van der Waals surface area contributed by atoms with Crippen molar-refractivity contribution < 1.29 is 40.3 Å². The predicted octanol–water partition coefficient (Wildman–Crippen LogP) is 5.47. The summed E-state index contributed by atoms with van der Waals surface area (Å²) in [5, 5.41) is 15.6. The van der Waals surface area contributed by atoms with Gasteiger partial charge in [0.1, 0.15) is 5.69 Å². The van der Waals surface area contributed by atoms with Gasteiger partial charge in [-0.1, -0.05) is 22.9 Å². The molecule has 0 fully saturated rings. The molecule has 3 aromatic heterocycles. The third-order valence-electron chi connectivity index (χ3n) is 6.17. The zero-order valence-electron chi connectivity index (χ0n) is 23.0. The number of hydrogen-bond donors (Lipinski definition) is 2. The first-order valence-electron chi connectivity index (χ1n) is 12.6. The van der Waals surface area contributed by atoms with Crippen LogP contribution in [-0.4, -0.2) is 60.2 Å². The van der Waals surface area contributed by atoms with E-state index in [1.54, 1.807) is 32.9 Å². The molecule has 2 N–H and O–H groups in total. The van der Waals surface area contributed by atoms with Crippen LogP contribution in [0.3, 0.4) is 0 Å². The number of aryl methyl sites for hydroxylation is 2. The number of pyridine rings is 1. The van der Waals surface area contributed by atoms with Crippen molar-refractivity contribution in [2.24, 2.45) is 0 Å². The van der Waals surface area contributed by atoms with Gasteiger partial charge in [0.15, 0.2) is 11.5 Å². The summed E-state index contributed by atoms with van der Waals surface area (Å²) in [6, 6.07) is 7.41. The minimum atomic E-state index is -6.56. The second-order valence-electron chi connectivity index (χ2n) is 9.51. The fourth-order valence-corrected chi connectivity index (χ4v) is 4.34. The maximum Gasteiger partial charge on any atom is 0.460 e. The predicted molar refractivity (Wildman–Crippen MR) is 142 cm³/mol. The number of hydrogen-bond acceptors (Lipinski definition) is 6. The molecular weight excluding hydrogens is 625 g/mol. The Morgan fingerprint density at radius 2 is 1.73 bits per heavy atom. The lowest BCUT2D eigenvalue weighted by molar-refractivity contribution is -0.360. The summed E-state index contributed by atoms with van der Waals surface area (Å²) < 4.78 is 94.6. The molecule has 44 heavy (non-hydrogen) atoms. The summed E-state index contributed by atoms with van der Waals surface area (Å²) in [7, 11) is 0. The van der Waals surface area contributed by atoms with Crippen LogP contribution in [0, 0.1) is 13.8 Å². The monoisotopic (exact) mass is 646 g/mol. The molecule has 4 aromatic rings. The second-order valence-corrected chi connectivity index (χ2v) is 9.91. The Hall–Kier alpha value is -4.54. The second kappa shape index (κ2) is 11.9. The van der Waals surface area contributed by atoms with Gasteiger partial charge in [0, 0.05) is 12.7 Å². The van der Waals surface area contributed by atoms with Crippen LogP contribution in [0.2, 0.25) is 5.02 Å². The van der Waals surface area contributed by atoms with E-state index >= 15 is 0 Å². The zero-order chi connectivity index (χ0) is 32.6. The van der Waals surface area contributed by atoms with Crippen LogP contribution in [0.4, 0.5) is 36.4 Å². The lowest BCUT2D eigenvalue weighted by atomic mass is 10.0. The van der Waals surface area contributed by atoms with E-state index in [9.17, 15) is 40.3 Å². The number of alkyl halides is 7. The Kier molecular flexibility index (Phi) is 8.73. The van der Waals surface area contributed by atoms with Crippen LogP contribution in [0.5, 0.6) is 0 Å². The number of nitrogens with one attached hydrogen (secondary N) is 2. The molecule has 0 aliphatic heterocycles. The maximum absolute atomic E-state index is 14.1. The molecule has 3 heterocycles. The Labute approximate surface area is 249 Å². The van der Waals surface area contributed by atoms with E-state index in [1.165, 1.54) is 24.4 Å². The number of halogens is 8. The Morgan fingerprint density at radius 1 is 1.02 bits per heavy atom. The van der Waals surface area contributed by atoms with E-state index in [2.05, 4.69) is 31.0 Å². The maximum atomic E-state index is 14.1. The largest absolute Gasteiger partial charge is 0.460 e. The topological polar surface area (TPSA) is 120 Å². The smallest absolute Gasteiger partial charge is 0.352 e. The molecule has 0 unspecified atom stereocenters. The van der Waals surface area contributed by atoms with Gasteiger partial charge >= 0.3 is 18.0 Å². The SMILES string of the molecule is CCNC(=O)c1cc(C)cc(C)c1NC(=O)c1cc(Cn2cc(C(F)(F)C(F)(F)C(F)(F)F)nn2)nn1-c1ncccc1Cl. The number of rotatable bonds is 9. The van der Waals surface area contributed by atoms with Gasteiger partial charge in [-0.15, -0.1) is 5.10 Å². The van der Waals surface area contributed by atoms with Crippen molar-refractivity contribution in [1.29, 1.82) is 0 Å². The molecule has 1 aromatic carbocycles. The molecule has 18 heteroatoms. The van der Waals surface area contributed by atoms with Crippen molar-refractivity contribution in [3.63, 3.8) is 0 Å². The van der Waals surface area contributed by atoms with Crippen LogP contribution in [0.1, 0.15) is 50.3 Å². The summed E-state index contributed by atoms with van der Waals surface area (Å²) in [6.07, 6.45) is -5.01. The molecule has 0 atom stereocenters. The highest BCUT2D eigenvalue weighted by Crippen LogP contribution is 2.51. The molecular formula is C26H22ClF7N8O2. The first-order chi connectivity index (χ1) is 20.5. The molecule has 0 aliphatic carbocycles. The van der Waals surface area contributed by atoms with Gasteiger partial charge in [0.25, 0.3) is 11.8 Å². The highest BCUT2D eigenvalue weighted by Gasteiger charge is 2.74. The Balaban J connectivity index is 1.73. The average molecular weight is 647 g/mol. The number of nitrogens with zero attached hydrogens (tertiary/aromatic N) is 6. The van der Waals surface area contributed by atoms with Crippen LogP contribution in [0.25, 0.3) is 5.82 Å². The van der Waals surface area contributed by atoms with E-state index in [0.717, 1.165) is 10.2 Å². The Bertz CT molecular complexity index is 1720. The molecule has 0 bridgehead atoms. The molecule has 0 saturated heterocycles. The number of anilines is 1. The molecule has 0 saturated carbocycles. The van der Waals surface area contributed by atoms with Crippen molar-refractivity contribution in [1.82, 2.24) is 35.1 Å². The number of carbonyl (C=O) groups excluding carboxylic acids is 2. The van der Waals surface area contributed by atoms with Crippen LogP contribution < -0.4 is 10.6 Å². The van der Waals surface area contributed by atoms with Gasteiger partial charge in [-0.2, -0.15) is 35.8 Å². The number of carbonyl (C=O) groups is 2. The third kappa shape index (κ3) is 6.09. The van der Waals surface area contributed by atoms with Gasteiger partial charge in [0.05, 0.1) is 34.7 Å². The van der Waals surface area contributed by atoms with Gasteiger partial charge in [-0.25, -0.2) is 14.3 Å². The quantitative estimate of drug-likeness (QED) is 0.233. The lowest BCUT2D eigenvalue weighted by Gasteiger charge is -2.26. The molecule has 10 nitrogen and oxygen atoms in total. The van der Waals surface area contributed by atoms with Crippen LogP contribution in [-0.2, 0) is 12.5 Å². The van der Waals surface area contributed by atoms with Crippen molar-refractivity contribution in [3.8, 4) is 5.82 Å².